The quantitative estimate of drug-likeness (QED) is 0.690. The fraction of sp³-hybridized carbons (Fsp3) is 0.200. The highest BCUT2D eigenvalue weighted by molar-refractivity contribution is 5.77. The van der Waals surface area contributed by atoms with Gasteiger partial charge in [-0.05, 0) is 24.6 Å². The zero-order valence-electron chi connectivity index (χ0n) is 12.4. The number of esters is 1. The van der Waals surface area contributed by atoms with Crippen LogP contribution in [0.1, 0.15) is 12.5 Å². The number of aromatic nitrogens is 4. The molecule has 0 aliphatic carbocycles. The van der Waals surface area contributed by atoms with Crippen molar-refractivity contribution in [1.29, 1.82) is 0 Å². The number of aromatic amines is 1. The topological polar surface area (TPSA) is 116 Å². The molecule has 0 bridgehead atoms. The molecule has 1 aromatic carbocycles. The van der Waals surface area contributed by atoms with Crippen molar-refractivity contribution in [2.75, 3.05) is 12.3 Å². The lowest BCUT2D eigenvalue weighted by atomic mass is 10.1. The first-order valence-corrected chi connectivity index (χ1v) is 7.04. The van der Waals surface area contributed by atoms with Gasteiger partial charge in [0.25, 0.3) is 5.88 Å². The summed E-state index contributed by atoms with van der Waals surface area (Å²) in [4.78, 5) is 26.4. The average Bonchev–Trinajstić information content (AvgIpc) is 2.98. The zero-order chi connectivity index (χ0) is 16.2. The summed E-state index contributed by atoms with van der Waals surface area (Å²) in [5.74, 6) is 0.678. The highest BCUT2D eigenvalue weighted by Crippen LogP contribution is 2.26. The minimum atomic E-state index is -0.260. The van der Waals surface area contributed by atoms with Crippen molar-refractivity contribution in [3.63, 3.8) is 0 Å². The van der Waals surface area contributed by atoms with E-state index in [1.54, 1.807) is 31.2 Å². The Morgan fingerprint density at radius 2 is 2.04 bits per heavy atom. The first-order chi connectivity index (χ1) is 11.2. The number of nitrogens with one attached hydrogen (secondary N) is 1. The first kappa shape index (κ1) is 14.8. The molecule has 8 nitrogen and oxygen atoms in total. The Hall–Kier alpha value is -3.16. The molecular formula is C15H15N5O3. The molecule has 0 spiro atoms. The number of carbonyl (C=O) groups is 1. The summed E-state index contributed by atoms with van der Waals surface area (Å²) in [6, 6.07) is 7.08. The van der Waals surface area contributed by atoms with Crippen molar-refractivity contribution in [2.45, 2.75) is 13.3 Å². The van der Waals surface area contributed by atoms with Gasteiger partial charge in [-0.25, -0.2) is 4.98 Å². The van der Waals surface area contributed by atoms with Crippen molar-refractivity contribution >= 4 is 23.1 Å². The second-order valence-corrected chi connectivity index (χ2v) is 4.72. The molecule has 0 saturated heterocycles. The van der Waals surface area contributed by atoms with E-state index in [-0.39, 0.29) is 18.3 Å². The van der Waals surface area contributed by atoms with Crippen molar-refractivity contribution < 1.29 is 14.3 Å². The van der Waals surface area contributed by atoms with Gasteiger partial charge in [-0.1, -0.05) is 12.1 Å². The predicted molar refractivity (Wildman–Crippen MR) is 82.9 cm³/mol. The summed E-state index contributed by atoms with van der Waals surface area (Å²) in [6.45, 7) is 2.15. The summed E-state index contributed by atoms with van der Waals surface area (Å²) in [5.41, 5.74) is 7.48. The van der Waals surface area contributed by atoms with E-state index in [4.69, 9.17) is 15.2 Å². The van der Waals surface area contributed by atoms with Gasteiger partial charge >= 0.3 is 5.97 Å². The maximum absolute atomic E-state index is 11.4. The summed E-state index contributed by atoms with van der Waals surface area (Å²) < 4.78 is 10.6. The van der Waals surface area contributed by atoms with E-state index in [0.717, 1.165) is 5.56 Å². The van der Waals surface area contributed by atoms with Gasteiger partial charge in [0.1, 0.15) is 11.3 Å². The molecular weight excluding hydrogens is 298 g/mol. The molecule has 0 saturated carbocycles. The van der Waals surface area contributed by atoms with Crippen LogP contribution in [0, 0.1) is 0 Å². The zero-order valence-corrected chi connectivity index (χ0v) is 12.4. The first-order valence-electron chi connectivity index (χ1n) is 7.04. The molecule has 2 aromatic heterocycles. The standard InChI is InChI=1S/C15H15N5O3/c1-2-22-11(21)7-9-3-5-10(6-4-9)23-14-12-13(18-8-17-12)19-15(16)20-14/h3-6,8H,2,7H2,1H3,(H3,16,17,18,19,20). The summed E-state index contributed by atoms with van der Waals surface area (Å²) >= 11 is 0. The molecule has 3 aromatic rings. The van der Waals surface area contributed by atoms with Crippen LogP contribution in [0.4, 0.5) is 5.95 Å². The Morgan fingerprint density at radius 1 is 1.26 bits per heavy atom. The van der Waals surface area contributed by atoms with E-state index in [9.17, 15) is 4.79 Å². The smallest absolute Gasteiger partial charge is 0.310 e. The van der Waals surface area contributed by atoms with Gasteiger partial charge in [0, 0.05) is 0 Å². The van der Waals surface area contributed by atoms with Crippen LogP contribution in [0.25, 0.3) is 11.2 Å². The van der Waals surface area contributed by atoms with Crippen LogP contribution < -0.4 is 10.5 Å². The number of nitrogens with zero attached hydrogens (tertiary/aromatic N) is 3. The molecule has 0 aliphatic heterocycles. The molecule has 3 N–H and O–H groups in total. The van der Waals surface area contributed by atoms with Crippen LogP contribution >= 0.6 is 0 Å². The van der Waals surface area contributed by atoms with Gasteiger partial charge in [0.15, 0.2) is 5.65 Å². The fourth-order valence-corrected chi connectivity index (χ4v) is 2.06. The third kappa shape index (κ3) is 3.37. The molecule has 0 aliphatic rings. The molecule has 23 heavy (non-hydrogen) atoms. The summed E-state index contributed by atoms with van der Waals surface area (Å²) in [6.07, 6.45) is 1.72. The number of H-pyrrole nitrogens is 1. The number of carbonyl (C=O) groups excluding carboxylic acids is 1. The molecule has 118 valence electrons. The van der Waals surface area contributed by atoms with Crippen LogP contribution in [0.5, 0.6) is 11.6 Å². The molecule has 3 rings (SSSR count). The van der Waals surface area contributed by atoms with Gasteiger partial charge in [-0.15, -0.1) is 0 Å². The van der Waals surface area contributed by atoms with Crippen molar-refractivity contribution in [1.82, 2.24) is 19.9 Å². The Balaban J connectivity index is 1.77. The SMILES string of the molecule is CCOC(=O)Cc1ccc(Oc2nc(N)nc3nc[nH]c23)cc1. The molecule has 0 fully saturated rings. The van der Waals surface area contributed by atoms with Crippen LogP contribution in [-0.4, -0.2) is 32.5 Å². The summed E-state index contributed by atoms with van der Waals surface area (Å²) in [5, 5.41) is 0. The second-order valence-electron chi connectivity index (χ2n) is 4.72. The number of fused-ring (bicyclic) bond motifs is 1. The normalized spacial score (nSPS) is 10.7. The lowest BCUT2D eigenvalue weighted by Crippen LogP contribution is -2.07. The van der Waals surface area contributed by atoms with Crippen molar-refractivity contribution in [3.05, 3.63) is 36.2 Å². The molecule has 0 unspecified atom stereocenters. The van der Waals surface area contributed by atoms with Crippen LogP contribution in [0.2, 0.25) is 0 Å². The minimum Gasteiger partial charge on any atom is -0.466 e. The maximum atomic E-state index is 11.4. The number of anilines is 1. The Bertz CT molecular complexity index is 829. The lowest BCUT2D eigenvalue weighted by Gasteiger charge is -2.07. The number of rotatable bonds is 5. The van der Waals surface area contributed by atoms with Gasteiger partial charge in [0.05, 0.1) is 19.4 Å². The maximum Gasteiger partial charge on any atom is 0.310 e. The predicted octanol–water partition coefficient (Wildman–Crippen LogP) is 1.83. The number of hydrogen-bond acceptors (Lipinski definition) is 7. The summed E-state index contributed by atoms with van der Waals surface area (Å²) in [7, 11) is 0. The van der Waals surface area contributed by atoms with E-state index >= 15 is 0 Å². The molecule has 8 heteroatoms. The Morgan fingerprint density at radius 3 is 2.78 bits per heavy atom. The number of benzene rings is 1. The monoisotopic (exact) mass is 313 g/mol. The molecule has 2 heterocycles. The van der Waals surface area contributed by atoms with E-state index in [1.807, 2.05) is 0 Å². The van der Waals surface area contributed by atoms with Crippen LogP contribution in [0.3, 0.4) is 0 Å². The highest BCUT2D eigenvalue weighted by atomic mass is 16.5. The lowest BCUT2D eigenvalue weighted by molar-refractivity contribution is -0.142. The Labute approximate surface area is 131 Å². The fourth-order valence-electron chi connectivity index (χ4n) is 2.06. The number of hydrogen-bond donors (Lipinski definition) is 2. The van der Waals surface area contributed by atoms with Gasteiger partial charge < -0.3 is 20.2 Å². The van der Waals surface area contributed by atoms with Crippen LogP contribution in [-0.2, 0) is 16.0 Å². The Kier molecular flexibility index (Phi) is 4.05. The van der Waals surface area contributed by atoms with E-state index in [2.05, 4.69) is 19.9 Å². The van der Waals surface area contributed by atoms with Crippen LogP contribution in [0.15, 0.2) is 30.6 Å². The second kappa shape index (κ2) is 6.30. The van der Waals surface area contributed by atoms with Gasteiger partial charge in [0.2, 0.25) is 5.95 Å². The number of nitrogen functional groups attached to an aromatic ring is 1. The van der Waals surface area contributed by atoms with E-state index in [0.29, 0.717) is 29.4 Å². The van der Waals surface area contributed by atoms with Gasteiger partial charge in [-0.2, -0.15) is 9.97 Å². The van der Waals surface area contributed by atoms with Crippen molar-refractivity contribution in [2.24, 2.45) is 0 Å². The van der Waals surface area contributed by atoms with Crippen molar-refractivity contribution in [3.8, 4) is 11.6 Å². The van der Waals surface area contributed by atoms with E-state index in [1.165, 1.54) is 6.33 Å². The number of ether oxygens (including phenoxy) is 2. The molecule has 0 radical (unpaired) electrons. The minimum absolute atomic E-state index is 0.0820. The molecule has 0 amide bonds. The average molecular weight is 313 g/mol. The largest absolute Gasteiger partial charge is 0.466 e. The van der Waals surface area contributed by atoms with Gasteiger partial charge in [-0.3, -0.25) is 4.79 Å². The third-order valence-corrected chi connectivity index (χ3v) is 3.06. The molecule has 0 atom stereocenters. The highest BCUT2D eigenvalue weighted by Gasteiger charge is 2.11. The van der Waals surface area contributed by atoms with E-state index < -0.39 is 0 Å². The number of nitrogens with two attached hydrogens (primary N) is 1. The number of imidazole rings is 1. The third-order valence-electron chi connectivity index (χ3n) is 3.06.